The molecule has 1 aromatic carbocycles. The third-order valence-corrected chi connectivity index (χ3v) is 5.04. The fourth-order valence-electron chi connectivity index (χ4n) is 2.03. The Labute approximate surface area is 122 Å². The lowest BCUT2D eigenvalue weighted by Crippen LogP contribution is -2.40. The summed E-state index contributed by atoms with van der Waals surface area (Å²) in [6.45, 7) is 1.13. The van der Waals surface area contributed by atoms with Gasteiger partial charge in [-0.25, -0.2) is 8.42 Å². The summed E-state index contributed by atoms with van der Waals surface area (Å²) in [5.74, 6) is 0. The molecule has 1 aliphatic rings. The first-order valence-electron chi connectivity index (χ1n) is 6.66. The maximum atomic E-state index is 12.6. The summed E-state index contributed by atoms with van der Waals surface area (Å²) in [6.07, 6.45) is -3.59. The van der Waals surface area contributed by atoms with Gasteiger partial charge in [-0.2, -0.15) is 17.5 Å². The normalized spacial score (nSPS) is 16.2. The first-order valence-corrected chi connectivity index (χ1v) is 8.10. The molecule has 21 heavy (non-hydrogen) atoms. The predicted molar refractivity (Wildman–Crippen MR) is 73.6 cm³/mol. The van der Waals surface area contributed by atoms with Crippen molar-refractivity contribution < 1.29 is 21.6 Å². The minimum Gasteiger partial charge on any atom is -0.385 e. The van der Waals surface area contributed by atoms with Crippen LogP contribution in [0.1, 0.15) is 19.8 Å². The van der Waals surface area contributed by atoms with Crippen LogP contribution in [-0.2, 0) is 10.0 Å². The molecular formula is C13H17F3N2O2S. The maximum Gasteiger partial charge on any atom is 0.402 e. The van der Waals surface area contributed by atoms with Gasteiger partial charge in [-0.3, -0.25) is 0 Å². The Morgan fingerprint density at radius 3 is 2.24 bits per heavy atom. The third kappa shape index (κ3) is 4.10. The molecule has 0 spiro atoms. The van der Waals surface area contributed by atoms with E-state index in [1.807, 2.05) is 6.92 Å². The molecule has 1 fully saturated rings. The lowest BCUT2D eigenvalue weighted by atomic mass is 10.3. The van der Waals surface area contributed by atoms with Gasteiger partial charge in [0, 0.05) is 18.3 Å². The van der Waals surface area contributed by atoms with E-state index in [0.717, 1.165) is 5.69 Å². The third-order valence-electron chi connectivity index (χ3n) is 3.13. The van der Waals surface area contributed by atoms with E-state index in [-0.39, 0.29) is 4.90 Å². The van der Waals surface area contributed by atoms with Crippen molar-refractivity contribution in [1.82, 2.24) is 4.31 Å². The summed E-state index contributed by atoms with van der Waals surface area (Å²) < 4.78 is 63.1. The summed E-state index contributed by atoms with van der Waals surface area (Å²) in [5.41, 5.74) is 0.727. The average molecular weight is 322 g/mol. The van der Waals surface area contributed by atoms with Crippen molar-refractivity contribution in [3.05, 3.63) is 24.3 Å². The van der Waals surface area contributed by atoms with Crippen LogP contribution < -0.4 is 5.32 Å². The molecule has 0 aromatic heterocycles. The van der Waals surface area contributed by atoms with E-state index in [2.05, 4.69) is 5.32 Å². The van der Waals surface area contributed by atoms with Gasteiger partial charge in [0.25, 0.3) is 0 Å². The highest BCUT2D eigenvalue weighted by Crippen LogP contribution is 2.34. The second kappa shape index (κ2) is 5.84. The number of rotatable bonds is 6. The predicted octanol–water partition coefficient (Wildman–Crippen LogP) is 2.83. The Bertz CT molecular complexity index is 580. The Hall–Kier alpha value is -1.28. The number of nitrogens with zero attached hydrogens (tertiary/aromatic N) is 1. The molecule has 1 aliphatic carbocycles. The Morgan fingerprint density at radius 2 is 1.81 bits per heavy atom. The molecule has 0 atom stereocenters. The minimum absolute atomic E-state index is 0.111. The van der Waals surface area contributed by atoms with Crippen molar-refractivity contribution in [3.63, 3.8) is 0 Å². The molecule has 1 N–H and O–H groups in total. The van der Waals surface area contributed by atoms with Crippen molar-refractivity contribution in [2.45, 2.75) is 36.9 Å². The van der Waals surface area contributed by atoms with E-state index in [9.17, 15) is 21.6 Å². The highest BCUT2D eigenvalue weighted by atomic mass is 32.2. The second-order valence-corrected chi connectivity index (χ2v) is 6.84. The van der Waals surface area contributed by atoms with E-state index in [4.69, 9.17) is 0 Å². The maximum absolute atomic E-state index is 12.6. The van der Waals surface area contributed by atoms with Crippen LogP contribution in [0.2, 0.25) is 0 Å². The van der Waals surface area contributed by atoms with E-state index < -0.39 is 28.8 Å². The van der Waals surface area contributed by atoms with Gasteiger partial charge in [0.15, 0.2) is 0 Å². The molecule has 0 heterocycles. The fraction of sp³-hybridized carbons (Fsp3) is 0.538. The van der Waals surface area contributed by atoms with Crippen molar-refractivity contribution in [1.29, 1.82) is 0 Å². The van der Waals surface area contributed by atoms with Gasteiger partial charge in [0.2, 0.25) is 10.0 Å². The van der Waals surface area contributed by atoms with Gasteiger partial charge in [-0.05, 0) is 44.0 Å². The van der Waals surface area contributed by atoms with Gasteiger partial charge in [-0.15, -0.1) is 0 Å². The molecular weight excluding hydrogens is 305 g/mol. The van der Waals surface area contributed by atoms with E-state index in [1.54, 1.807) is 12.1 Å². The number of nitrogens with one attached hydrogen (secondary N) is 1. The molecule has 0 bridgehead atoms. The van der Waals surface area contributed by atoms with Crippen molar-refractivity contribution in [2.75, 3.05) is 18.4 Å². The summed E-state index contributed by atoms with van der Waals surface area (Å²) in [4.78, 5) is -0.111. The van der Waals surface area contributed by atoms with Crippen molar-refractivity contribution in [3.8, 4) is 0 Å². The van der Waals surface area contributed by atoms with E-state index >= 15 is 0 Å². The van der Waals surface area contributed by atoms with Gasteiger partial charge >= 0.3 is 6.18 Å². The number of hydrogen-bond donors (Lipinski definition) is 1. The zero-order valence-corrected chi connectivity index (χ0v) is 12.3. The summed E-state index contributed by atoms with van der Waals surface area (Å²) in [7, 11) is -4.12. The zero-order chi connectivity index (χ0) is 15.7. The molecule has 1 aromatic rings. The number of halogens is 3. The molecule has 8 heteroatoms. The zero-order valence-electron chi connectivity index (χ0n) is 11.5. The molecule has 4 nitrogen and oxygen atoms in total. The Kier molecular flexibility index (Phi) is 4.48. The summed E-state index contributed by atoms with van der Waals surface area (Å²) in [6, 6.07) is 5.23. The molecule has 0 amide bonds. The van der Waals surface area contributed by atoms with Crippen LogP contribution in [0.15, 0.2) is 29.2 Å². The average Bonchev–Trinajstić information content (AvgIpc) is 3.20. The second-order valence-electron chi connectivity index (χ2n) is 4.95. The van der Waals surface area contributed by atoms with Gasteiger partial charge in [-0.1, -0.05) is 0 Å². The fourth-order valence-corrected chi connectivity index (χ4v) is 3.70. The lowest BCUT2D eigenvalue weighted by Gasteiger charge is -2.23. The minimum atomic E-state index is -4.54. The number of benzene rings is 1. The van der Waals surface area contributed by atoms with Gasteiger partial charge in [0.05, 0.1) is 4.90 Å². The van der Waals surface area contributed by atoms with Crippen LogP contribution in [0, 0.1) is 0 Å². The topological polar surface area (TPSA) is 49.4 Å². The van der Waals surface area contributed by atoms with Crippen LogP contribution in [0.3, 0.4) is 0 Å². The van der Waals surface area contributed by atoms with E-state index in [0.29, 0.717) is 23.7 Å². The molecule has 0 aliphatic heterocycles. The van der Waals surface area contributed by atoms with Gasteiger partial charge in [0.1, 0.15) is 6.54 Å². The Morgan fingerprint density at radius 1 is 1.24 bits per heavy atom. The van der Waals surface area contributed by atoms with E-state index in [1.165, 1.54) is 12.1 Å². The number of hydrogen-bond acceptors (Lipinski definition) is 3. The summed E-state index contributed by atoms with van der Waals surface area (Å²) >= 11 is 0. The lowest BCUT2D eigenvalue weighted by molar-refractivity contribution is -0.137. The largest absolute Gasteiger partial charge is 0.402 e. The highest BCUT2D eigenvalue weighted by Gasteiger charge is 2.44. The first kappa shape index (κ1) is 16.1. The number of alkyl halides is 3. The van der Waals surface area contributed by atoms with Crippen LogP contribution in [0.5, 0.6) is 0 Å². The number of sulfonamides is 1. The van der Waals surface area contributed by atoms with Crippen molar-refractivity contribution >= 4 is 15.7 Å². The summed E-state index contributed by atoms with van der Waals surface area (Å²) in [5, 5.41) is 3.00. The molecule has 118 valence electrons. The molecule has 0 unspecified atom stereocenters. The standard InChI is InChI=1S/C13H17F3N2O2S/c1-2-17-10-3-7-12(8-4-10)21(19,20)18(11-5-6-11)9-13(14,15)16/h3-4,7-8,11,17H,2,5-6,9H2,1H3. The quantitative estimate of drug-likeness (QED) is 0.876. The highest BCUT2D eigenvalue weighted by molar-refractivity contribution is 7.89. The Balaban J connectivity index is 2.25. The van der Waals surface area contributed by atoms with Crippen LogP contribution >= 0.6 is 0 Å². The SMILES string of the molecule is CCNc1ccc(S(=O)(=O)N(CC(F)(F)F)C2CC2)cc1. The van der Waals surface area contributed by atoms with Crippen molar-refractivity contribution in [2.24, 2.45) is 0 Å². The van der Waals surface area contributed by atoms with Crippen LogP contribution in [-0.4, -0.2) is 38.0 Å². The molecule has 1 saturated carbocycles. The first-order chi connectivity index (χ1) is 9.74. The number of anilines is 1. The monoisotopic (exact) mass is 322 g/mol. The molecule has 2 rings (SSSR count). The van der Waals surface area contributed by atoms with Crippen LogP contribution in [0.25, 0.3) is 0 Å². The smallest absolute Gasteiger partial charge is 0.385 e. The molecule has 0 radical (unpaired) electrons. The van der Waals surface area contributed by atoms with Crippen LogP contribution in [0.4, 0.5) is 18.9 Å². The molecule has 0 saturated heterocycles. The van der Waals surface area contributed by atoms with Gasteiger partial charge < -0.3 is 5.32 Å².